The van der Waals surface area contributed by atoms with Crippen molar-refractivity contribution in [3.63, 3.8) is 0 Å². The number of aliphatic hydroxyl groups excluding tert-OH is 1. The van der Waals surface area contributed by atoms with Crippen molar-refractivity contribution >= 4 is 11.8 Å². The van der Waals surface area contributed by atoms with E-state index in [2.05, 4.69) is 10.6 Å². The van der Waals surface area contributed by atoms with Crippen LogP contribution in [0, 0.1) is 11.8 Å². The van der Waals surface area contributed by atoms with Gasteiger partial charge in [-0.25, -0.2) is 0 Å². The Hall–Kier alpha value is -3.18. The molecule has 1 saturated heterocycles. The molecule has 3 N–H and O–H groups in total. The third kappa shape index (κ3) is 10.7. The summed E-state index contributed by atoms with van der Waals surface area (Å²) in [6, 6.07) is 15.2. The summed E-state index contributed by atoms with van der Waals surface area (Å²) in [7, 11) is 4.89. The molecular weight excluding hydrogens is 586 g/mol. The van der Waals surface area contributed by atoms with Crippen LogP contribution in [0.15, 0.2) is 48.5 Å². The normalized spacial score (nSPS) is 19.0. The molecule has 2 aromatic rings. The van der Waals surface area contributed by atoms with Gasteiger partial charge in [-0.2, -0.15) is 0 Å². The zero-order valence-corrected chi connectivity index (χ0v) is 27.7. The summed E-state index contributed by atoms with van der Waals surface area (Å²) < 4.78 is 22.2. The Bertz CT molecular complexity index is 1190. The van der Waals surface area contributed by atoms with Gasteiger partial charge in [0.1, 0.15) is 11.5 Å². The Morgan fingerprint density at radius 3 is 2.35 bits per heavy atom. The van der Waals surface area contributed by atoms with E-state index in [0.717, 1.165) is 49.7 Å². The van der Waals surface area contributed by atoms with Crippen LogP contribution in [-0.4, -0.2) is 88.1 Å². The predicted octanol–water partition coefficient (Wildman–Crippen LogP) is 4.25. The number of hydrogen-bond acceptors (Lipinski definition) is 8. The second kappa shape index (κ2) is 18.8. The third-order valence-corrected chi connectivity index (χ3v) is 9.24. The van der Waals surface area contributed by atoms with Crippen molar-refractivity contribution < 1.29 is 33.6 Å². The summed E-state index contributed by atoms with van der Waals surface area (Å²) in [5.74, 6) is 0.652. The maximum Gasteiger partial charge on any atom is 0.311 e. The number of likely N-dealkylation sites (tertiary alicyclic amines) is 1. The number of methoxy groups -OCH3 is 3. The minimum atomic E-state index is -0.861. The van der Waals surface area contributed by atoms with Crippen LogP contribution in [0.4, 0.5) is 0 Å². The van der Waals surface area contributed by atoms with Crippen LogP contribution in [-0.2, 0) is 25.6 Å². The van der Waals surface area contributed by atoms with Gasteiger partial charge in [-0.15, -0.1) is 0 Å². The summed E-state index contributed by atoms with van der Waals surface area (Å²) in [4.78, 5) is 28.5. The molecule has 2 aliphatic rings. The van der Waals surface area contributed by atoms with E-state index in [1.807, 2.05) is 48.5 Å². The quantitative estimate of drug-likeness (QED) is 0.174. The van der Waals surface area contributed by atoms with E-state index in [1.54, 1.807) is 26.2 Å². The highest BCUT2D eigenvalue weighted by Crippen LogP contribution is 2.34. The first-order valence-electron chi connectivity index (χ1n) is 16.8. The Kier molecular flexibility index (Phi) is 14.6. The minimum Gasteiger partial charge on any atom is -0.497 e. The lowest BCUT2D eigenvalue weighted by Crippen LogP contribution is -2.52. The summed E-state index contributed by atoms with van der Waals surface area (Å²) in [6.45, 7) is 2.85. The van der Waals surface area contributed by atoms with Gasteiger partial charge in [-0.05, 0) is 48.4 Å². The Morgan fingerprint density at radius 2 is 1.67 bits per heavy atom. The molecule has 10 nitrogen and oxygen atoms in total. The maximum absolute atomic E-state index is 13.5. The molecule has 4 rings (SSSR count). The molecule has 0 aromatic heterocycles. The fraction of sp³-hybridized carbons (Fsp3) is 0.611. The molecule has 46 heavy (non-hydrogen) atoms. The Balaban J connectivity index is 1.36. The van der Waals surface area contributed by atoms with Crippen molar-refractivity contribution in [2.24, 2.45) is 11.8 Å². The van der Waals surface area contributed by atoms with Crippen molar-refractivity contribution in [3.05, 3.63) is 59.7 Å². The van der Waals surface area contributed by atoms with Crippen LogP contribution >= 0.6 is 0 Å². The van der Waals surface area contributed by atoms with Crippen LogP contribution < -0.4 is 20.1 Å². The SMILES string of the molecule is COCCCOC(c1ccccc1)C1CCN(C(=O)C(=O)NC(CC2CCCCC2)C(O)CNCc2cc(OC)cc(OC)c2)C1. The van der Waals surface area contributed by atoms with Gasteiger partial charge in [-0.3, -0.25) is 9.59 Å². The second-order valence-corrected chi connectivity index (χ2v) is 12.6. The van der Waals surface area contributed by atoms with Crippen LogP contribution in [0.2, 0.25) is 0 Å². The number of amides is 2. The number of nitrogens with zero attached hydrogens (tertiary/aromatic N) is 1. The standard InChI is InChI=1S/C36H53N3O7/c1-43-17-10-18-46-34(28-13-8-5-9-14-28)29-15-16-39(25-29)36(42)35(41)38-32(21-26-11-6-4-7-12-26)33(40)24-37-23-27-19-30(44-2)22-31(20-27)45-3/h5,8-9,13-14,19-20,22,26,29,32-34,37,40H,4,6-7,10-12,15-18,21,23-25H2,1-3H3,(H,38,41). The minimum absolute atomic E-state index is 0.0738. The van der Waals surface area contributed by atoms with Gasteiger partial charge in [0.15, 0.2) is 0 Å². The molecule has 0 bridgehead atoms. The number of carbonyl (C=O) groups is 2. The molecule has 4 atom stereocenters. The highest BCUT2D eigenvalue weighted by Gasteiger charge is 2.37. The molecule has 4 unspecified atom stereocenters. The van der Waals surface area contributed by atoms with Crippen molar-refractivity contribution in [1.82, 2.24) is 15.5 Å². The largest absolute Gasteiger partial charge is 0.497 e. The van der Waals surface area contributed by atoms with Crippen LogP contribution in [0.3, 0.4) is 0 Å². The number of aliphatic hydroxyl groups is 1. The van der Waals surface area contributed by atoms with Crippen molar-refractivity contribution in [1.29, 1.82) is 0 Å². The van der Waals surface area contributed by atoms with Gasteiger partial charge in [0.25, 0.3) is 0 Å². The Labute approximate surface area is 274 Å². The molecule has 1 aliphatic heterocycles. The van der Waals surface area contributed by atoms with E-state index < -0.39 is 24.0 Å². The number of rotatable bonds is 17. The zero-order valence-electron chi connectivity index (χ0n) is 27.7. The van der Waals surface area contributed by atoms with Crippen LogP contribution in [0.5, 0.6) is 11.5 Å². The number of nitrogens with one attached hydrogen (secondary N) is 2. The molecule has 2 aromatic carbocycles. The van der Waals surface area contributed by atoms with Gasteiger partial charge in [-0.1, -0.05) is 62.4 Å². The smallest absolute Gasteiger partial charge is 0.311 e. The topological polar surface area (TPSA) is 119 Å². The number of hydrogen-bond donors (Lipinski definition) is 3. The van der Waals surface area contributed by atoms with Crippen molar-refractivity contribution in [2.45, 2.75) is 76.2 Å². The van der Waals surface area contributed by atoms with E-state index in [1.165, 1.54) is 6.42 Å². The Morgan fingerprint density at radius 1 is 0.957 bits per heavy atom. The van der Waals surface area contributed by atoms with Crippen LogP contribution in [0.25, 0.3) is 0 Å². The van der Waals surface area contributed by atoms with Crippen molar-refractivity contribution in [3.8, 4) is 11.5 Å². The molecule has 2 fully saturated rings. The number of benzene rings is 2. The molecule has 2 amide bonds. The van der Waals surface area contributed by atoms with Crippen molar-refractivity contribution in [2.75, 3.05) is 54.2 Å². The van der Waals surface area contributed by atoms with E-state index in [0.29, 0.717) is 56.7 Å². The van der Waals surface area contributed by atoms with Gasteiger partial charge in [0.2, 0.25) is 0 Å². The van der Waals surface area contributed by atoms with E-state index in [9.17, 15) is 14.7 Å². The fourth-order valence-corrected chi connectivity index (χ4v) is 6.72. The van der Waals surface area contributed by atoms with Crippen LogP contribution in [0.1, 0.15) is 68.6 Å². The lowest BCUT2D eigenvalue weighted by atomic mass is 9.83. The molecular formula is C36H53N3O7. The molecule has 1 saturated carbocycles. The lowest BCUT2D eigenvalue weighted by molar-refractivity contribution is -0.146. The van der Waals surface area contributed by atoms with Gasteiger partial charge in [0, 0.05) is 58.5 Å². The monoisotopic (exact) mass is 639 g/mol. The zero-order chi connectivity index (χ0) is 32.7. The third-order valence-electron chi connectivity index (χ3n) is 9.24. The molecule has 0 spiro atoms. The molecule has 254 valence electrons. The van der Waals surface area contributed by atoms with E-state index in [4.69, 9.17) is 18.9 Å². The molecule has 0 radical (unpaired) electrons. The first-order valence-corrected chi connectivity index (χ1v) is 16.8. The maximum atomic E-state index is 13.5. The van der Waals surface area contributed by atoms with Gasteiger partial charge < -0.3 is 39.6 Å². The summed E-state index contributed by atoms with van der Waals surface area (Å²) in [5.41, 5.74) is 2.02. The van der Waals surface area contributed by atoms with Gasteiger partial charge in [0.05, 0.1) is 32.5 Å². The fourth-order valence-electron chi connectivity index (χ4n) is 6.72. The average Bonchev–Trinajstić information content (AvgIpc) is 3.58. The predicted molar refractivity (Wildman–Crippen MR) is 177 cm³/mol. The molecule has 1 heterocycles. The van der Waals surface area contributed by atoms with E-state index >= 15 is 0 Å². The van der Waals surface area contributed by atoms with E-state index in [-0.39, 0.29) is 18.6 Å². The summed E-state index contributed by atoms with van der Waals surface area (Å²) in [6.07, 6.45) is 6.81. The number of ether oxygens (including phenoxy) is 4. The molecule has 1 aliphatic carbocycles. The number of carbonyl (C=O) groups excluding carboxylic acids is 2. The van der Waals surface area contributed by atoms with Gasteiger partial charge >= 0.3 is 11.8 Å². The molecule has 10 heteroatoms. The first kappa shape index (κ1) is 35.7. The summed E-state index contributed by atoms with van der Waals surface area (Å²) >= 11 is 0. The lowest BCUT2D eigenvalue weighted by Gasteiger charge is -2.30. The second-order valence-electron chi connectivity index (χ2n) is 12.6. The highest BCUT2D eigenvalue weighted by atomic mass is 16.5. The highest BCUT2D eigenvalue weighted by molar-refractivity contribution is 6.35. The first-order chi connectivity index (χ1) is 22.4. The summed E-state index contributed by atoms with van der Waals surface area (Å²) in [5, 5.41) is 17.6. The average molecular weight is 640 g/mol.